The molecule has 1 amide bonds. The third kappa shape index (κ3) is 4.05. The van der Waals surface area contributed by atoms with E-state index in [-0.39, 0.29) is 35.9 Å². The molecule has 11 heteroatoms. The summed E-state index contributed by atoms with van der Waals surface area (Å²) in [5.41, 5.74) is 1.42. The Morgan fingerprint density at radius 3 is 2.45 bits per heavy atom. The van der Waals surface area contributed by atoms with Crippen LogP contribution in [0.3, 0.4) is 0 Å². The number of aromatic nitrogens is 2. The Labute approximate surface area is 190 Å². The first-order valence-corrected chi connectivity index (χ1v) is 12.8. The Morgan fingerprint density at radius 1 is 1.15 bits per heavy atom. The fourth-order valence-corrected chi connectivity index (χ4v) is 6.50. The van der Waals surface area contributed by atoms with Crippen LogP contribution >= 0.6 is 0 Å². The minimum Gasteiger partial charge on any atom is -0.337 e. The molecule has 1 aromatic carbocycles. The van der Waals surface area contributed by atoms with Crippen molar-refractivity contribution in [2.75, 3.05) is 25.9 Å². The zero-order valence-corrected chi connectivity index (χ0v) is 18.9. The van der Waals surface area contributed by atoms with Crippen molar-refractivity contribution in [2.24, 2.45) is 11.8 Å². The molecule has 1 aromatic heterocycles. The van der Waals surface area contributed by atoms with E-state index in [1.807, 2.05) is 0 Å². The van der Waals surface area contributed by atoms with Crippen LogP contribution in [0.2, 0.25) is 0 Å². The summed E-state index contributed by atoms with van der Waals surface area (Å²) in [6.07, 6.45) is -1.54. The predicted molar refractivity (Wildman–Crippen MR) is 114 cm³/mol. The molecule has 1 saturated heterocycles. The first-order valence-electron chi connectivity index (χ1n) is 11.0. The van der Waals surface area contributed by atoms with E-state index in [4.69, 9.17) is 0 Å². The molecule has 2 fully saturated rings. The van der Waals surface area contributed by atoms with Gasteiger partial charge in [0.1, 0.15) is 0 Å². The molecule has 0 bridgehead atoms. The van der Waals surface area contributed by atoms with Gasteiger partial charge in [0.25, 0.3) is 5.91 Å². The van der Waals surface area contributed by atoms with Crippen LogP contribution in [0.5, 0.6) is 0 Å². The number of aromatic amines is 1. The molecule has 0 spiro atoms. The Bertz CT molecular complexity index is 1180. The van der Waals surface area contributed by atoms with Gasteiger partial charge in [0.2, 0.25) is 10.0 Å². The predicted octanol–water partition coefficient (Wildman–Crippen LogP) is 3.01. The van der Waals surface area contributed by atoms with Crippen molar-refractivity contribution < 1.29 is 26.4 Å². The van der Waals surface area contributed by atoms with E-state index in [1.165, 1.54) is 10.4 Å². The third-order valence-corrected chi connectivity index (χ3v) is 8.56. The number of fused-ring (bicyclic) bond motifs is 2. The summed E-state index contributed by atoms with van der Waals surface area (Å²) in [5, 5.41) is 7.07. The number of likely N-dealkylation sites (tertiary alicyclic amines) is 1. The smallest absolute Gasteiger partial charge is 0.337 e. The number of nitrogens with zero attached hydrogens (tertiary/aromatic N) is 3. The second kappa shape index (κ2) is 7.83. The van der Waals surface area contributed by atoms with Crippen molar-refractivity contribution in [2.45, 2.75) is 37.9 Å². The van der Waals surface area contributed by atoms with Crippen LogP contribution in [0.1, 0.15) is 51.6 Å². The Hall–Kier alpha value is -2.40. The largest absolute Gasteiger partial charge is 0.416 e. The highest BCUT2D eigenvalue weighted by Gasteiger charge is 2.46. The summed E-state index contributed by atoms with van der Waals surface area (Å²) >= 11 is 0. The molecule has 2 aliphatic heterocycles. The van der Waals surface area contributed by atoms with Gasteiger partial charge in [-0.25, -0.2) is 8.42 Å². The van der Waals surface area contributed by atoms with Crippen LogP contribution in [0.15, 0.2) is 24.3 Å². The number of nitrogens with one attached hydrogen (secondary N) is 1. The number of hydrogen-bond acceptors (Lipinski definition) is 4. The van der Waals surface area contributed by atoms with Crippen molar-refractivity contribution in [3.8, 4) is 0 Å². The number of halogens is 3. The topological polar surface area (TPSA) is 86.4 Å². The number of amides is 1. The van der Waals surface area contributed by atoms with Gasteiger partial charge in [0, 0.05) is 43.9 Å². The second-order valence-electron chi connectivity index (χ2n) is 9.36. The number of sulfonamides is 1. The number of benzene rings is 1. The van der Waals surface area contributed by atoms with Gasteiger partial charge in [0.15, 0.2) is 5.69 Å². The summed E-state index contributed by atoms with van der Waals surface area (Å²) in [6, 6.07) is 5.77. The van der Waals surface area contributed by atoms with Gasteiger partial charge in [-0.2, -0.15) is 22.6 Å². The van der Waals surface area contributed by atoms with Gasteiger partial charge in [-0.15, -0.1) is 0 Å². The zero-order chi connectivity index (χ0) is 23.5. The lowest BCUT2D eigenvalue weighted by atomic mass is 9.91. The number of rotatable bonds is 3. The standard InChI is InChI=1S/C22H25F3N4O3S/c1-33(31,32)29-7-6-19-17(12-29)20(27-26-19)21(30)28-10-14-8-13(9-15(14)11-28)16-4-2-3-5-18(16)22(23,24)25/h2-5,13-15H,6-12H2,1H3,(H,26,27)/t13?,14-,15+. The molecule has 1 saturated carbocycles. The molecule has 1 N–H and O–H groups in total. The molecule has 3 atom stereocenters. The maximum atomic E-state index is 13.5. The molecule has 3 heterocycles. The van der Waals surface area contributed by atoms with Crippen LogP contribution < -0.4 is 0 Å². The van der Waals surface area contributed by atoms with Crippen LogP contribution in [-0.2, 0) is 29.2 Å². The second-order valence-corrected chi connectivity index (χ2v) is 11.3. The molecule has 2 aromatic rings. The molecular weight excluding hydrogens is 457 g/mol. The quantitative estimate of drug-likeness (QED) is 0.729. The van der Waals surface area contributed by atoms with E-state index in [0.717, 1.165) is 18.0 Å². The van der Waals surface area contributed by atoms with Crippen molar-refractivity contribution in [3.05, 3.63) is 52.3 Å². The first-order chi connectivity index (χ1) is 15.5. The summed E-state index contributed by atoms with van der Waals surface area (Å²) in [6.45, 7) is 1.41. The first kappa shape index (κ1) is 22.4. The average molecular weight is 483 g/mol. The van der Waals surface area contributed by atoms with Crippen LogP contribution in [-0.4, -0.2) is 59.6 Å². The molecule has 33 heavy (non-hydrogen) atoms. The lowest BCUT2D eigenvalue weighted by molar-refractivity contribution is -0.138. The highest BCUT2D eigenvalue weighted by Crippen LogP contribution is 2.49. The monoisotopic (exact) mass is 482 g/mol. The fourth-order valence-electron chi connectivity index (χ4n) is 5.71. The van der Waals surface area contributed by atoms with Crippen LogP contribution in [0.4, 0.5) is 13.2 Å². The van der Waals surface area contributed by atoms with Crippen LogP contribution in [0.25, 0.3) is 0 Å². The van der Waals surface area contributed by atoms with Gasteiger partial charge in [-0.05, 0) is 42.2 Å². The normalized spacial score (nSPS) is 25.8. The number of alkyl halides is 3. The lowest BCUT2D eigenvalue weighted by Crippen LogP contribution is -2.36. The van der Waals surface area contributed by atoms with Gasteiger partial charge < -0.3 is 4.90 Å². The third-order valence-electron chi connectivity index (χ3n) is 7.31. The molecular formula is C22H25F3N4O3S. The average Bonchev–Trinajstić information content (AvgIpc) is 3.44. The molecule has 178 valence electrons. The van der Waals surface area contributed by atoms with E-state index in [2.05, 4.69) is 10.2 Å². The maximum absolute atomic E-state index is 13.5. The van der Waals surface area contributed by atoms with E-state index < -0.39 is 21.8 Å². The highest BCUT2D eigenvalue weighted by atomic mass is 32.2. The number of hydrogen-bond donors (Lipinski definition) is 1. The van der Waals surface area contributed by atoms with Crippen molar-refractivity contribution in [1.29, 1.82) is 0 Å². The lowest BCUT2D eigenvalue weighted by Gasteiger charge is -2.25. The summed E-state index contributed by atoms with van der Waals surface area (Å²) in [5.74, 6) is -0.133. The molecule has 1 aliphatic carbocycles. The Balaban J connectivity index is 1.30. The molecule has 5 rings (SSSR count). The van der Waals surface area contributed by atoms with E-state index in [0.29, 0.717) is 50.0 Å². The molecule has 7 nitrogen and oxygen atoms in total. The minimum atomic E-state index is -4.38. The summed E-state index contributed by atoms with van der Waals surface area (Å²) < 4.78 is 65.6. The van der Waals surface area contributed by atoms with Crippen molar-refractivity contribution >= 4 is 15.9 Å². The Kier molecular flexibility index (Phi) is 5.32. The zero-order valence-electron chi connectivity index (χ0n) is 18.1. The van der Waals surface area contributed by atoms with E-state index >= 15 is 0 Å². The van der Waals surface area contributed by atoms with Crippen LogP contribution in [0, 0.1) is 11.8 Å². The minimum absolute atomic E-state index is 0.114. The van der Waals surface area contributed by atoms with E-state index in [1.54, 1.807) is 17.0 Å². The van der Waals surface area contributed by atoms with Gasteiger partial charge in [-0.1, -0.05) is 18.2 Å². The molecule has 3 aliphatic rings. The van der Waals surface area contributed by atoms with Gasteiger partial charge in [-0.3, -0.25) is 9.89 Å². The van der Waals surface area contributed by atoms with Gasteiger partial charge >= 0.3 is 6.18 Å². The molecule has 0 radical (unpaired) electrons. The van der Waals surface area contributed by atoms with Crippen molar-refractivity contribution in [1.82, 2.24) is 19.4 Å². The SMILES string of the molecule is CS(=O)(=O)N1CCc2[nH]nc(C(=O)N3C[C@H]4CC(c5ccccc5C(F)(F)F)C[C@H]4C3)c2C1. The fraction of sp³-hybridized carbons (Fsp3) is 0.545. The Morgan fingerprint density at radius 2 is 1.82 bits per heavy atom. The maximum Gasteiger partial charge on any atom is 0.416 e. The molecule has 1 unspecified atom stereocenters. The van der Waals surface area contributed by atoms with Crippen molar-refractivity contribution in [3.63, 3.8) is 0 Å². The van der Waals surface area contributed by atoms with E-state index in [9.17, 15) is 26.4 Å². The number of carbonyl (C=O) groups excluding carboxylic acids is 1. The highest BCUT2D eigenvalue weighted by molar-refractivity contribution is 7.88. The van der Waals surface area contributed by atoms with Gasteiger partial charge in [0.05, 0.1) is 11.8 Å². The number of H-pyrrole nitrogens is 1. The number of carbonyl (C=O) groups is 1. The summed E-state index contributed by atoms with van der Waals surface area (Å²) in [4.78, 5) is 15.0. The summed E-state index contributed by atoms with van der Waals surface area (Å²) in [7, 11) is -3.38.